The average molecular weight is 242 g/mol. The molecule has 2 fully saturated rings. The maximum Gasteiger partial charge on any atom is 0.173 e. The minimum absolute atomic E-state index is 0.0363. The summed E-state index contributed by atoms with van der Waals surface area (Å²) < 4.78 is 22.5. The molecule has 3 aliphatic rings. The van der Waals surface area contributed by atoms with E-state index in [2.05, 4.69) is 10.2 Å². The Kier molecular flexibility index (Phi) is 2.57. The number of nitrogens with one attached hydrogen (secondary N) is 1. The third-order valence-electron chi connectivity index (χ3n) is 3.66. The fraction of sp³-hybridized carbons (Fsp3) is 0.818. The van der Waals surface area contributed by atoms with E-state index in [-0.39, 0.29) is 11.8 Å². The average Bonchev–Trinajstić information content (AvgIpc) is 2.88. The first-order valence-corrected chi connectivity index (χ1v) is 7.75. The number of hydrogen-bond donors (Lipinski definition) is 1. The molecule has 1 aliphatic carbocycles. The third kappa shape index (κ3) is 2.31. The zero-order valence-corrected chi connectivity index (χ0v) is 10.1. The standard InChI is InChI=1S/C11H18N2O2S/c14-16(15)6-4-10(8-16)12-9-3-5-13(7-9)11-1-2-11/h4,6,9-12H,1-3,5,7-8H2. The Morgan fingerprint density at radius 3 is 2.69 bits per heavy atom. The molecular formula is C11H18N2O2S. The number of sulfone groups is 1. The van der Waals surface area contributed by atoms with E-state index in [1.54, 1.807) is 6.08 Å². The van der Waals surface area contributed by atoms with Gasteiger partial charge in [-0.1, -0.05) is 6.08 Å². The van der Waals surface area contributed by atoms with Crippen molar-refractivity contribution >= 4 is 9.84 Å². The van der Waals surface area contributed by atoms with Crippen LogP contribution in [0.25, 0.3) is 0 Å². The largest absolute Gasteiger partial charge is 0.305 e. The number of likely N-dealkylation sites (tertiary alicyclic amines) is 1. The first-order valence-electron chi connectivity index (χ1n) is 6.03. The van der Waals surface area contributed by atoms with Gasteiger partial charge < -0.3 is 5.32 Å². The van der Waals surface area contributed by atoms with Gasteiger partial charge in [0.25, 0.3) is 0 Å². The molecule has 1 saturated carbocycles. The fourth-order valence-electron chi connectivity index (χ4n) is 2.68. The van der Waals surface area contributed by atoms with Crippen molar-refractivity contribution in [2.75, 3.05) is 18.8 Å². The fourth-order valence-corrected chi connectivity index (χ4v) is 3.93. The topological polar surface area (TPSA) is 49.4 Å². The van der Waals surface area contributed by atoms with E-state index >= 15 is 0 Å². The zero-order chi connectivity index (χ0) is 11.2. The molecule has 1 N–H and O–H groups in total. The van der Waals surface area contributed by atoms with Crippen molar-refractivity contribution in [3.63, 3.8) is 0 Å². The molecule has 2 atom stereocenters. The molecule has 3 rings (SSSR count). The summed E-state index contributed by atoms with van der Waals surface area (Å²) in [5.74, 6) is 0.243. The molecule has 0 bridgehead atoms. The van der Waals surface area contributed by atoms with Crippen molar-refractivity contribution in [1.82, 2.24) is 10.2 Å². The van der Waals surface area contributed by atoms with Gasteiger partial charge in [0.05, 0.1) is 5.75 Å². The maximum absolute atomic E-state index is 11.3. The van der Waals surface area contributed by atoms with Crippen LogP contribution in [0.2, 0.25) is 0 Å². The molecule has 1 saturated heterocycles. The molecule has 2 heterocycles. The molecule has 16 heavy (non-hydrogen) atoms. The third-order valence-corrected chi connectivity index (χ3v) is 5.06. The Balaban J connectivity index is 1.51. The molecule has 2 aliphatic heterocycles. The molecule has 90 valence electrons. The van der Waals surface area contributed by atoms with Gasteiger partial charge in [-0.3, -0.25) is 4.90 Å². The van der Waals surface area contributed by atoms with Gasteiger partial charge in [-0.2, -0.15) is 0 Å². The van der Waals surface area contributed by atoms with Crippen LogP contribution in [0.5, 0.6) is 0 Å². The van der Waals surface area contributed by atoms with E-state index in [4.69, 9.17) is 0 Å². The predicted octanol–water partition coefficient (Wildman–Crippen LogP) is 0.123. The van der Waals surface area contributed by atoms with Crippen molar-refractivity contribution in [2.24, 2.45) is 0 Å². The van der Waals surface area contributed by atoms with E-state index in [9.17, 15) is 8.42 Å². The Morgan fingerprint density at radius 2 is 2.06 bits per heavy atom. The van der Waals surface area contributed by atoms with Gasteiger partial charge in [0.15, 0.2) is 9.84 Å². The van der Waals surface area contributed by atoms with E-state index in [0.29, 0.717) is 6.04 Å². The molecule has 0 spiro atoms. The van der Waals surface area contributed by atoms with Crippen molar-refractivity contribution < 1.29 is 8.42 Å². The van der Waals surface area contributed by atoms with Crippen molar-refractivity contribution in [2.45, 2.75) is 37.4 Å². The van der Waals surface area contributed by atoms with Gasteiger partial charge in [-0.05, 0) is 19.3 Å². The van der Waals surface area contributed by atoms with Gasteiger partial charge in [-0.25, -0.2) is 8.42 Å². The lowest BCUT2D eigenvalue weighted by Gasteiger charge is -2.18. The molecule has 0 aromatic heterocycles. The van der Waals surface area contributed by atoms with Gasteiger partial charge in [0.2, 0.25) is 0 Å². The van der Waals surface area contributed by atoms with E-state index in [0.717, 1.165) is 19.0 Å². The Morgan fingerprint density at radius 1 is 1.25 bits per heavy atom. The second kappa shape index (κ2) is 3.82. The van der Waals surface area contributed by atoms with Gasteiger partial charge in [0, 0.05) is 36.6 Å². The first kappa shape index (κ1) is 10.7. The molecule has 0 amide bonds. The lowest BCUT2D eigenvalue weighted by atomic mass is 10.2. The van der Waals surface area contributed by atoms with Crippen LogP contribution in [-0.4, -0.2) is 50.3 Å². The van der Waals surface area contributed by atoms with Crippen LogP contribution in [0.4, 0.5) is 0 Å². The second-order valence-corrected chi connectivity index (χ2v) is 7.07. The predicted molar refractivity (Wildman–Crippen MR) is 62.9 cm³/mol. The highest BCUT2D eigenvalue weighted by molar-refractivity contribution is 7.94. The van der Waals surface area contributed by atoms with E-state index in [1.807, 2.05) is 0 Å². The molecular weight excluding hydrogens is 224 g/mol. The van der Waals surface area contributed by atoms with E-state index in [1.165, 1.54) is 24.8 Å². The normalized spacial score (nSPS) is 38.2. The summed E-state index contributed by atoms with van der Waals surface area (Å²) in [4.78, 5) is 2.53. The number of nitrogens with zero attached hydrogens (tertiary/aromatic N) is 1. The van der Waals surface area contributed by atoms with Crippen molar-refractivity contribution in [1.29, 1.82) is 0 Å². The molecule has 4 nitrogen and oxygen atoms in total. The summed E-state index contributed by atoms with van der Waals surface area (Å²) in [6, 6.07) is 1.34. The van der Waals surface area contributed by atoms with Crippen LogP contribution >= 0.6 is 0 Å². The van der Waals surface area contributed by atoms with Crippen LogP contribution in [0.1, 0.15) is 19.3 Å². The van der Waals surface area contributed by atoms with Crippen molar-refractivity contribution in [3.05, 3.63) is 11.5 Å². The zero-order valence-electron chi connectivity index (χ0n) is 9.30. The number of hydrogen-bond acceptors (Lipinski definition) is 4. The molecule has 2 unspecified atom stereocenters. The summed E-state index contributed by atoms with van der Waals surface area (Å²) >= 11 is 0. The van der Waals surface area contributed by atoms with Crippen LogP contribution in [-0.2, 0) is 9.84 Å². The Bertz CT molecular complexity index is 400. The second-order valence-electron chi connectivity index (χ2n) is 5.14. The van der Waals surface area contributed by atoms with Crippen LogP contribution < -0.4 is 5.32 Å². The van der Waals surface area contributed by atoms with E-state index < -0.39 is 9.84 Å². The molecule has 0 radical (unpaired) electrons. The highest BCUT2D eigenvalue weighted by Gasteiger charge is 2.35. The lowest BCUT2D eigenvalue weighted by Crippen LogP contribution is -2.40. The highest BCUT2D eigenvalue weighted by atomic mass is 32.2. The van der Waals surface area contributed by atoms with Crippen LogP contribution in [0.15, 0.2) is 11.5 Å². The first-order chi connectivity index (χ1) is 7.62. The van der Waals surface area contributed by atoms with Gasteiger partial charge in [0.1, 0.15) is 0 Å². The summed E-state index contributed by atoms with van der Waals surface area (Å²) in [6.45, 7) is 2.26. The SMILES string of the molecule is O=S1(=O)C=CC(NC2CCN(C3CC3)C2)C1. The Labute approximate surface area is 96.6 Å². The Hall–Kier alpha value is -0.390. The van der Waals surface area contributed by atoms with Crippen molar-refractivity contribution in [3.8, 4) is 0 Å². The minimum atomic E-state index is -2.91. The molecule has 5 heteroatoms. The summed E-state index contributed by atoms with van der Waals surface area (Å²) in [5, 5.41) is 4.78. The molecule has 0 aromatic carbocycles. The summed E-state index contributed by atoms with van der Waals surface area (Å²) in [7, 11) is -2.91. The molecule has 0 aromatic rings. The monoisotopic (exact) mass is 242 g/mol. The minimum Gasteiger partial charge on any atom is -0.305 e. The smallest absolute Gasteiger partial charge is 0.173 e. The van der Waals surface area contributed by atoms with Crippen LogP contribution in [0, 0.1) is 0 Å². The summed E-state index contributed by atoms with van der Waals surface area (Å²) in [6.07, 6.45) is 5.64. The van der Waals surface area contributed by atoms with Gasteiger partial charge >= 0.3 is 0 Å². The maximum atomic E-state index is 11.3. The highest BCUT2D eigenvalue weighted by Crippen LogP contribution is 2.30. The summed E-state index contributed by atoms with van der Waals surface area (Å²) in [5.41, 5.74) is 0. The van der Waals surface area contributed by atoms with Gasteiger partial charge in [-0.15, -0.1) is 0 Å². The lowest BCUT2D eigenvalue weighted by molar-refractivity contribution is 0.316. The van der Waals surface area contributed by atoms with Crippen LogP contribution in [0.3, 0.4) is 0 Å². The number of rotatable bonds is 3. The quantitative estimate of drug-likeness (QED) is 0.764.